The first-order valence-electron chi connectivity index (χ1n) is 4.81. The lowest BCUT2D eigenvalue weighted by Crippen LogP contribution is -2.07. The van der Waals surface area contributed by atoms with Gasteiger partial charge in [-0.3, -0.25) is 0 Å². The minimum atomic E-state index is 1.23. The van der Waals surface area contributed by atoms with Crippen molar-refractivity contribution in [2.75, 3.05) is 19.0 Å². The van der Waals surface area contributed by atoms with Gasteiger partial charge in [-0.05, 0) is 24.6 Å². The Balaban J connectivity index is 2.73. The molecule has 0 N–H and O–H groups in total. The second-order valence-electron chi connectivity index (χ2n) is 3.37. The van der Waals surface area contributed by atoms with E-state index >= 15 is 0 Å². The van der Waals surface area contributed by atoms with E-state index < -0.39 is 0 Å². The molecule has 0 aliphatic carbocycles. The van der Waals surface area contributed by atoms with Crippen LogP contribution in [0.15, 0.2) is 42.5 Å². The van der Waals surface area contributed by atoms with Gasteiger partial charge in [0.25, 0.3) is 0 Å². The Kier molecular flexibility index (Phi) is 3.99. The van der Waals surface area contributed by atoms with E-state index in [2.05, 4.69) is 35.2 Å². The SMILES string of the molecule is CC=CC=Cc1ccc(N(C)C)cc1. The van der Waals surface area contributed by atoms with Gasteiger partial charge in [0.1, 0.15) is 0 Å². The lowest BCUT2D eigenvalue weighted by Gasteiger charge is -2.11. The summed E-state index contributed by atoms with van der Waals surface area (Å²) in [6.07, 6.45) is 8.19. The van der Waals surface area contributed by atoms with Gasteiger partial charge >= 0.3 is 0 Å². The van der Waals surface area contributed by atoms with Crippen molar-refractivity contribution in [3.8, 4) is 0 Å². The molecule has 0 bridgehead atoms. The van der Waals surface area contributed by atoms with Crippen molar-refractivity contribution >= 4 is 11.8 Å². The Labute approximate surface area is 86.4 Å². The maximum absolute atomic E-state index is 2.12. The summed E-state index contributed by atoms with van der Waals surface area (Å²) in [7, 11) is 4.09. The zero-order chi connectivity index (χ0) is 10.4. The van der Waals surface area contributed by atoms with E-state index in [1.165, 1.54) is 11.3 Å². The average molecular weight is 187 g/mol. The second-order valence-corrected chi connectivity index (χ2v) is 3.37. The molecule has 1 aromatic carbocycles. The van der Waals surface area contributed by atoms with Crippen LogP contribution in [0.5, 0.6) is 0 Å². The summed E-state index contributed by atoms with van der Waals surface area (Å²) < 4.78 is 0. The van der Waals surface area contributed by atoms with Crippen molar-refractivity contribution in [3.05, 3.63) is 48.1 Å². The highest BCUT2D eigenvalue weighted by atomic mass is 15.1. The molecular weight excluding hydrogens is 170 g/mol. The number of benzene rings is 1. The molecule has 0 atom stereocenters. The summed E-state index contributed by atoms with van der Waals surface area (Å²) in [5, 5.41) is 0. The van der Waals surface area contributed by atoms with Crippen molar-refractivity contribution in [3.63, 3.8) is 0 Å². The fourth-order valence-electron chi connectivity index (χ4n) is 1.16. The van der Waals surface area contributed by atoms with Gasteiger partial charge < -0.3 is 4.90 Å². The molecule has 0 unspecified atom stereocenters. The van der Waals surface area contributed by atoms with Crippen LogP contribution in [-0.2, 0) is 0 Å². The Morgan fingerprint density at radius 1 is 1.00 bits per heavy atom. The monoisotopic (exact) mass is 187 g/mol. The van der Waals surface area contributed by atoms with Gasteiger partial charge in [0.15, 0.2) is 0 Å². The number of anilines is 1. The molecule has 0 saturated heterocycles. The quantitative estimate of drug-likeness (QED) is 0.656. The molecule has 0 fully saturated rings. The lowest BCUT2D eigenvalue weighted by molar-refractivity contribution is 1.13. The highest BCUT2D eigenvalue weighted by Crippen LogP contribution is 2.12. The summed E-state index contributed by atoms with van der Waals surface area (Å²) in [6, 6.07) is 8.48. The number of hydrogen-bond acceptors (Lipinski definition) is 1. The highest BCUT2D eigenvalue weighted by molar-refractivity contribution is 5.56. The zero-order valence-corrected chi connectivity index (χ0v) is 9.07. The molecule has 0 aromatic heterocycles. The van der Waals surface area contributed by atoms with E-state index in [1.54, 1.807) is 0 Å². The average Bonchev–Trinajstić information content (AvgIpc) is 2.19. The molecule has 0 heterocycles. The summed E-state index contributed by atoms with van der Waals surface area (Å²) >= 11 is 0. The molecule has 14 heavy (non-hydrogen) atoms. The molecule has 0 spiro atoms. The van der Waals surface area contributed by atoms with Crippen LogP contribution in [0, 0.1) is 0 Å². The van der Waals surface area contributed by atoms with Gasteiger partial charge in [-0.15, -0.1) is 0 Å². The maximum atomic E-state index is 2.12. The summed E-state index contributed by atoms with van der Waals surface area (Å²) in [4.78, 5) is 2.10. The van der Waals surface area contributed by atoms with E-state index in [0.29, 0.717) is 0 Å². The first-order chi connectivity index (χ1) is 6.74. The largest absolute Gasteiger partial charge is 0.378 e. The van der Waals surface area contributed by atoms with Crippen molar-refractivity contribution in [1.82, 2.24) is 0 Å². The Bertz CT molecular complexity index is 318. The van der Waals surface area contributed by atoms with Gasteiger partial charge in [-0.25, -0.2) is 0 Å². The molecule has 1 heteroatoms. The third-order valence-electron chi connectivity index (χ3n) is 2.00. The van der Waals surface area contributed by atoms with Gasteiger partial charge in [0, 0.05) is 19.8 Å². The third-order valence-corrected chi connectivity index (χ3v) is 2.00. The molecule has 1 aromatic rings. The van der Waals surface area contributed by atoms with Crippen LogP contribution < -0.4 is 4.90 Å². The summed E-state index contributed by atoms with van der Waals surface area (Å²) in [5.41, 5.74) is 2.46. The predicted molar refractivity (Wildman–Crippen MR) is 64.6 cm³/mol. The lowest BCUT2D eigenvalue weighted by atomic mass is 10.2. The molecule has 0 radical (unpaired) electrons. The van der Waals surface area contributed by atoms with Crippen LogP contribution in [0.1, 0.15) is 12.5 Å². The Morgan fingerprint density at radius 3 is 2.14 bits per heavy atom. The highest BCUT2D eigenvalue weighted by Gasteiger charge is 1.92. The maximum Gasteiger partial charge on any atom is 0.0361 e. The third kappa shape index (κ3) is 3.09. The molecule has 0 aliphatic heterocycles. The van der Waals surface area contributed by atoms with E-state index in [1.807, 2.05) is 39.2 Å². The molecule has 1 rings (SSSR count). The van der Waals surface area contributed by atoms with E-state index in [4.69, 9.17) is 0 Å². The van der Waals surface area contributed by atoms with E-state index in [-0.39, 0.29) is 0 Å². The van der Waals surface area contributed by atoms with Crippen molar-refractivity contribution in [2.24, 2.45) is 0 Å². The summed E-state index contributed by atoms with van der Waals surface area (Å²) in [6.45, 7) is 2.01. The molecule has 0 aliphatic rings. The van der Waals surface area contributed by atoms with Crippen molar-refractivity contribution in [1.29, 1.82) is 0 Å². The number of nitrogens with zero attached hydrogens (tertiary/aromatic N) is 1. The van der Waals surface area contributed by atoms with Crippen LogP contribution in [0.3, 0.4) is 0 Å². The molecular formula is C13H17N. The molecule has 74 valence electrons. The minimum Gasteiger partial charge on any atom is -0.378 e. The van der Waals surface area contributed by atoms with Crippen molar-refractivity contribution in [2.45, 2.75) is 6.92 Å². The van der Waals surface area contributed by atoms with Gasteiger partial charge in [0.05, 0.1) is 0 Å². The van der Waals surface area contributed by atoms with Crippen LogP contribution in [0.4, 0.5) is 5.69 Å². The number of rotatable bonds is 3. The van der Waals surface area contributed by atoms with Gasteiger partial charge in [0.2, 0.25) is 0 Å². The molecule has 0 saturated carbocycles. The van der Waals surface area contributed by atoms with Crippen LogP contribution in [0.25, 0.3) is 6.08 Å². The predicted octanol–water partition coefficient (Wildman–Crippen LogP) is 3.34. The van der Waals surface area contributed by atoms with Crippen LogP contribution >= 0.6 is 0 Å². The Hall–Kier alpha value is -1.50. The smallest absolute Gasteiger partial charge is 0.0361 e. The number of hydrogen-bond donors (Lipinski definition) is 0. The minimum absolute atomic E-state index is 1.23. The zero-order valence-electron chi connectivity index (χ0n) is 9.07. The molecule has 0 amide bonds. The van der Waals surface area contributed by atoms with Gasteiger partial charge in [-0.1, -0.05) is 36.4 Å². The second kappa shape index (κ2) is 5.28. The fourth-order valence-corrected chi connectivity index (χ4v) is 1.16. The van der Waals surface area contributed by atoms with Crippen molar-refractivity contribution < 1.29 is 0 Å². The number of allylic oxidation sites excluding steroid dienone is 3. The molecule has 1 nitrogen and oxygen atoms in total. The van der Waals surface area contributed by atoms with E-state index in [0.717, 1.165) is 0 Å². The first kappa shape index (κ1) is 10.6. The van der Waals surface area contributed by atoms with Crippen LogP contribution in [-0.4, -0.2) is 14.1 Å². The Morgan fingerprint density at radius 2 is 1.64 bits per heavy atom. The van der Waals surface area contributed by atoms with E-state index in [9.17, 15) is 0 Å². The fraction of sp³-hybridized carbons (Fsp3) is 0.231. The summed E-state index contributed by atoms with van der Waals surface area (Å²) in [5.74, 6) is 0. The topological polar surface area (TPSA) is 3.24 Å². The van der Waals surface area contributed by atoms with Gasteiger partial charge in [-0.2, -0.15) is 0 Å². The normalized spacial score (nSPS) is 11.4. The first-order valence-corrected chi connectivity index (χ1v) is 4.81. The van der Waals surface area contributed by atoms with Crippen LogP contribution in [0.2, 0.25) is 0 Å². The standard InChI is InChI=1S/C13H17N/c1-4-5-6-7-12-8-10-13(11-9-12)14(2)3/h4-11H,1-3H3.